The van der Waals surface area contributed by atoms with Gasteiger partial charge in [-0.25, -0.2) is 13.8 Å². The van der Waals surface area contributed by atoms with Crippen molar-refractivity contribution in [3.05, 3.63) is 46.9 Å². The molecule has 31 heavy (non-hydrogen) atoms. The minimum Gasteiger partial charge on any atom is -0.438 e. The molecule has 1 atom stereocenters. The van der Waals surface area contributed by atoms with E-state index in [9.17, 15) is 14.0 Å². The van der Waals surface area contributed by atoms with Gasteiger partial charge < -0.3 is 14.2 Å². The molecule has 0 radical (unpaired) electrons. The predicted molar refractivity (Wildman–Crippen MR) is 115 cm³/mol. The van der Waals surface area contributed by atoms with Gasteiger partial charge in [-0.3, -0.25) is 0 Å². The average molecular weight is 422 g/mol. The van der Waals surface area contributed by atoms with Gasteiger partial charge >= 0.3 is 0 Å². The van der Waals surface area contributed by atoms with Crippen molar-refractivity contribution in [3.63, 3.8) is 0 Å². The van der Waals surface area contributed by atoms with Crippen LogP contribution in [0.3, 0.4) is 0 Å². The van der Waals surface area contributed by atoms with Crippen LogP contribution >= 0.6 is 0 Å². The maximum Gasteiger partial charge on any atom is 0.198 e. The highest BCUT2D eigenvalue weighted by Gasteiger charge is 2.34. The van der Waals surface area contributed by atoms with Crippen LogP contribution < -0.4 is 4.90 Å². The SMILES string of the molecule is Cc1c(-c2cc(F)cc(F)c2)c(N2CC[C@H](N(C)C)C2)c2oc(C3CC3)nc2c1C#N. The Bertz CT molecular complexity index is 1200. The zero-order chi connectivity index (χ0) is 21.9. The van der Waals surface area contributed by atoms with E-state index in [1.54, 1.807) is 0 Å². The van der Waals surface area contributed by atoms with E-state index in [1.165, 1.54) is 12.1 Å². The van der Waals surface area contributed by atoms with Crippen molar-refractivity contribution in [2.24, 2.45) is 0 Å². The number of nitriles is 1. The summed E-state index contributed by atoms with van der Waals surface area (Å²) in [6.45, 7) is 3.37. The Kier molecular flexibility index (Phi) is 4.71. The molecule has 1 aliphatic heterocycles. The lowest BCUT2D eigenvalue weighted by Crippen LogP contribution is -2.31. The van der Waals surface area contributed by atoms with Gasteiger partial charge in [-0.2, -0.15) is 5.26 Å². The second-order valence-corrected chi connectivity index (χ2v) is 8.85. The second-order valence-electron chi connectivity index (χ2n) is 8.85. The van der Waals surface area contributed by atoms with Crippen molar-refractivity contribution >= 4 is 16.8 Å². The summed E-state index contributed by atoms with van der Waals surface area (Å²) in [6, 6.07) is 6.11. The number of rotatable bonds is 4. The van der Waals surface area contributed by atoms with Crippen LogP contribution in [0.15, 0.2) is 22.6 Å². The average Bonchev–Trinajstić information content (AvgIpc) is 3.28. The largest absolute Gasteiger partial charge is 0.438 e. The summed E-state index contributed by atoms with van der Waals surface area (Å²) in [5.74, 6) is -0.362. The molecule has 0 N–H and O–H groups in total. The molecule has 1 saturated carbocycles. The van der Waals surface area contributed by atoms with Gasteiger partial charge in [-0.05, 0) is 63.5 Å². The number of halogens is 2. The standard InChI is InChI=1S/C24H24F2N4O/c1-13-19(11-27)21-23(31-24(28-21)14-4-5-14)22(30-7-6-18(12-30)29(2)3)20(13)15-8-16(25)10-17(26)9-15/h8-10,14,18H,4-7,12H2,1-3H3/t18-/m0/s1. The number of oxazole rings is 1. The van der Waals surface area contributed by atoms with Gasteiger partial charge in [0.2, 0.25) is 0 Å². The molecule has 7 heteroatoms. The molecule has 0 bridgehead atoms. The Morgan fingerprint density at radius 1 is 1.16 bits per heavy atom. The van der Waals surface area contributed by atoms with Crippen LogP contribution in [-0.4, -0.2) is 43.1 Å². The van der Waals surface area contributed by atoms with E-state index in [0.717, 1.165) is 44.1 Å². The first-order valence-electron chi connectivity index (χ1n) is 10.6. The third-order valence-electron chi connectivity index (χ3n) is 6.48. The van der Waals surface area contributed by atoms with Crippen LogP contribution in [0.1, 0.15) is 42.2 Å². The number of fused-ring (bicyclic) bond motifs is 1. The highest BCUT2D eigenvalue weighted by atomic mass is 19.1. The number of nitrogens with zero attached hydrogens (tertiary/aromatic N) is 4. The molecule has 1 saturated heterocycles. The van der Waals surface area contributed by atoms with E-state index >= 15 is 0 Å². The summed E-state index contributed by atoms with van der Waals surface area (Å²) in [4.78, 5) is 9.08. The quantitative estimate of drug-likeness (QED) is 0.594. The van der Waals surface area contributed by atoms with Crippen molar-refractivity contribution < 1.29 is 13.2 Å². The summed E-state index contributed by atoms with van der Waals surface area (Å²) < 4.78 is 34.6. The van der Waals surface area contributed by atoms with Crippen LogP contribution in [-0.2, 0) is 0 Å². The normalized spacial score (nSPS) is 18.9. The monoisotopic (exact) mass is 422 g/mol. The lowest BCUT2D eigenvalue weighted by Gasteiger charge is -2.25. The molecule has 1 aliphatic carbocycles. The number of hydrogen-bond acceptors (Lipinski definition) is 5. The van der Waals surface area contributed by atoms with E-state index in [4.69, 9.17) is 4.42 Å². The van der Waals surface area contributed by atoms with Crippen molar-refractivity contribution in [1.82, 2.24) is 9.88 Å². The smallest absolute Gasteiger partial charge is 0.198 e. The molecule has 160 valence electrons. The van der Waals surface area contributed by atoms with Crippen molar-refractivity contribution in [2.75, 3.05) is 32.1 Å². The zero-order valence-electron chi connectivity index (χ0n) is 17.9. The lowest BCUT2D eigenvalue weighted by atomic mass is 9.93. The van der Waals surface area contributed by atoms with Crippen LogP contribution in [0.2, 0.25) is 0 Å². The first kappa shape index (κ1) is 20.0. The highest BCUT2D eigenvalue weighted by Crippen LogP contribution is 2.47. The summed E-state index contributed by atoms with van der Waals surface area (Å²) in [7, 11) is 4.10. The molecule has 1 aromatic heterocycles. The second kappa shape index (κ2) is 7.31. The fourth-order valence-electron chi connectivity index (χ4n) is 4.62. The van der Waals surface area contributed by atoms with Crippen molar-refractivity contribution in [3.8, 4) is 17.2 Å². The Labute approximate surface area is 179 Å². The number of aromatic nitrogens is 1. The molecule has 2 fully saturated rings. The van der Waals surface area contributed by atoms with Crippen LogP contribution in [0, 0.1) is 29.9 Å². The van der Waals surface area contributed by atoms with E-state index < -0.39 is 11.6 Å². The van der Waals surface area contributed by atoms with Gasteiger partial charge in [0.15, 0.2) is 11.5 Å². The van der Waals surface area contributed by atoms with Gasteiger partial charge in [0.05, 0.1) is 11.3 Å². The number of anilines is 1. The first-order valence-corrected chi connectivity index (χ1v) is 10.6. The highest BCUT2D eigenvalue weighted by molar-refractivity contribution is 6.02. The van der Waals surface area contributed by atoms with E-state index in [-0.39, 0.29) is 5.92 Å². The van der Waals surface area contributed by atoms with Gasteiger partial charge in [0, 0.05) is 36.7 Å². The topological polar surface area (TPSA) is 56.3 Å². The lowest BCUT2D eigenvalue weighted by molar-refractivity contribution is 0.315. The Balaban J connectivity index is 1.81. The molecule has 2 aliphatic rings. The van der Waals surface area contributed by atoms with Gasteiger partial charge in [-0.15, -0.1) is 0 Å². The van der Waals surface area contributed by atoms with Gasteiger partial charge in [0.1, 0.15) is 23.2 Å². The van der Waals surface area contributed by atoms with E-state index in [2.05, 4.69) is 34.9 Å². The molecule has 3 aromatic rings. The van der Waals surface area contributed by atoms with Crippen molar-refractivity contribution in [1.29, 1.82) is 5.26 Å². The first-order chi connectivity index (χ1) is 14.9. The van der Waals surface area contributed by atoms with Gasteiger partial charge in [0.25, 0.3) is 0 Å². The fraction of sp³-hybridized carbons (Fsp3) is 0.417. The molecule has 0 spiro atoms. The van der Waals surface area contributed by atoms with E-state index in [1.807, 2.05) is 6.92 Å². The predicted octanol–water partition coefficient (Wildman–Crippen LogP) is 4.97. The molecule has 2 heterocycles. The summed E-state index contributed by atoms with van der Waals surface area (Å²) in [6.07, 6.45) is 3.02. The molecule has 0 amide bonds. The number of hydrogen-bond donors (Lipinski definition) is 0. The zero-order valence-corrected chi connectivity index (χ0v) is 17.9. The maximum atomic E-state index is 14.2. The third-order valence-corrected chi connectivity index (χ3v) is 6.48. The Hall–Kier alpha value is -2.98. The molecule has 0 unspecified atom stereocenters. The van der Waals surface area contributed by atoms with Crippen LogP contribution in [0.25, 0.3) is 22.2 Å². The number of benzene rings is 2. The Morgan fingerprint density at radius 3 is 2.45 bits per heavy atom. The van der Waals surface area contributed by atoms with Crippen LogP contribution in [0.4, 0.5) is 14.5 Å². The number of likely N-dealkylation sites (N-methyl/N-ethyl adjacent to an activating group) is 1. The summed E-state index contributed by atoms with van der Waals surface area (Å²) in [5, 5.41) is 9.93. The Morgan fingerprint density at radius 2 is 1.87 bits per heavy atom. The van der Waals surface area contributed by atoms with Gasteiger partial charge in [-0.1, -0.05) is 0 Å². The fourth-order valence-corrected chi connectivity index (χ4v) is 4.62. The molecule has 5 rings (SSSR count). The molecular weight excluding hydrogens is 398 g/mol. The van der Waals surface area contributed by atoms with Crippen LogP contribution in [0.5, 0.6) is 0 Å². The molecular formula is C24H24F2N4O. The maximum absolute atomic E-state index is 14.2. The minimum absolute atomic E-state index is 0.287. The van der Waals surface area contributed by atoms with E-state index in [0.29, 0.717) is 45.3 Å². The molecule has 2 aromatic carbocycles. The summed E-state index contributed by atoms with van der Waals surface area (Å²) in [5.41, 5.74) is 3.98. The van der Waals surface area contributed by atoms with Crippen molar-refractivity contribution in [2.45, 2.75) is 38.1 Å². The minimum atomic E-state index is -0.650. The summed E-state index contributed by atoms with van der Waals surface area (Å²) >= 11 is 0. The molecule has 5 nitrogen and oxygen atoms in total. The third kappa shape index (κ3) is 3.35.